The van der Waals surface area contributed by atoms with Crippen LogP contribution < -0.4 is 5.73 Å². The molecule has 0 saturated carbocycles. The van der Waals surface area contributed by atoms with Gasteiger partial charge in [-0.2, -0.15) is 0 Å². The van der Waals surface area contributed by atoms with Gasteiger partial charge in [-0.1, -0.05) is 42.5 Å². The van der Waals surface area contributed by atoms with Crippen LogP contribution in [-0.4, -0.2) is 27.9 Å². The number of benzene rings is 2. The largest absolute Gasteiger partial charge is 0.503 e. The molecule has 0 atom stereocenters. The highest BCUT2D eigenvalue weighted by molar-refractivity contribution is 6.07. The molecule has 2 aromatic rings. The van der Waals surface area contributed by atoms with Gasteiger partial charge < -0.3 is 15.9 Å². The maximum atomic E-state index is 12.1. The van der Waals surface area contributed by atoms with Gasteiger partial charge in [0.1, 0.15) is 0 Å². The second kappa shape index (κ2) is 7.74. The van der Waals surface area contributed by atoms with Crippen LogP contribution in [0.15, 0.2) is 60.4 Å². The highest BCUT2D eigenvalue weighted by atomic mass is 16.4. The lowest BCUT2D eigenvalue weighted by Gasteiger charge is -1.99. The molecule has 0 aliphatic heterocycles. The Hall–Kier alpha value is -3.67. The van der Waals surface area contributed by atoms with E-state index >= 15 is 0 Å². The monoisotopic (exact) mass is 337 g/mol. The van der Waals surface area contributed by atoms with Crippen LogP contribution in [-0.2, 0) is 4.79 Å². The van der Waals surface area contributed by atoms with Crippen molar-refractivity contribution in [2.75, 3.05) is 0 Å². The number of carbonyl (C=O) groups excluding carboxylic acids is 2. The lowest BCUT2D eigenvalue weighted by Crippen LogP contribution is -2.12. The molecular weight excluding hydrogens is 322 g/mol. The third-order valence-electron chi connectivity index (χ3n) is 3.34. The van der Waals surface area contributed by atoms with Crippen LogP contribution in [0.5, 0.6) is 0 Å². The first-order valence-corrected chi connectivity index (χ1v) is 7.23. The summed E-state index contributed by atoms with van der Waals surface area (Å²) in [6, 6.07) is 12.4. The SMILES string of the molecule is NC(=O)C(O)=Cc1ccc(C=CC(=O)c2ccc(C(=O)O)cc2)cc1. The highest BCUT2D eigenvalue weighted by Crippen LogP contribution is 2.11. The Morgan fingerprint density at radius 1 is 0.800 bits per heavy atom. The van der Waals surface area contributed by atoms with Crippen molar-refractivity contribution >= 4 is 29.8 Å². The number of allylic oxidation sites excluding steroid dienone is 1. The topological polar surface area (TPSA) is 118 Å². The minimum atomic E-state index is -1.05. The van der Waals surface area contributed by atoms with Gasteiger partial charge in [-0.15, -0.1) is 0 Å². The molecule has 126 valence electrons. The molecule has 6 nitrogen and oxygen atoms in total. The summed E-state index contributed by atoms with van der Waals surface area (Å²) in [4.78, 5) is 33.6. The molecule has 0 fully saturated rings. The third-order valence-corrected chi connectivity index (χ3v) is 3.34. The summed E-state index contributed by atoms with van der Waals surface area (Å²) >= 11 is 0. The van der Waals surface area contributed by atoms with Crippen molar-refractivity contribution in [2.45, 2.75) is 0 Å². The van der Waals surface area contributed by atoms with Gasteiger partial charge in [0.05, 0.1) is 5.56 Å². The Kier molecular flexibility index (Phi) is 5.47. The third kappa shape index (κ3) is 4.90. The van der Waals surface area contributed by atoms with Crippen LogP contribution in [0, 0.1) is 0 Å². The Morgan fingerprint density at radius 3 is 1.84 bits per heavy atom. The minimum Gasteiger partial charge on any atom is -0.503 e. The van der Waals surface area contributed by atoms with E-state index in [-0.39, 0.29) is 11.3 Å². The summed E-state index contributed by atoms with van der Waals surface area (Å²) in [6.07, 6.45) is 4.22. The van der Waals surface area contributed by atoms with E-state index in [4.69, 9.17) is 10.8 Å². The number of nitrogens with two attached hydrogens (primary N) is 1. The molecule has 0 spiro atoms. The van der Waals surface area contributed by atoms with E-state index in [0.29, 0.717) is 11.1 Å². The van der Waals surface area contributed by atoms with Crippen molar-refractivity contribution in [3.63, 3.8) is 0 Å². The van der Waals surface area contributed by atoms with Gasteiger partial charge in [-0.05, 0) is 35.4 Å². The molecule has 0 bridgehead atoms. The average molecular weight is 337 g/mol. The first-order chi connectivity index (χ1) is 11.9. The number of aliphatic hydroxyl groups is 1. The lowest BCUT2D eigenvalue weighted by molar-refractivity contribution is -0.116. The second-order valence-corrected chi connectivity index (χ2v) is 5.14. The Morgan fingerprint density at radius 2 is 1.32 bits per heavy atom. The first-order valence-electron chi connectivity index (χ1n) is 7.23. The molecule has 25 heavy (non-hydrogen) atoms. The Labute approximate surface area is 143 Å². The maximum absolute atomic E-state index is 12.1. The molecule has 6 heteroatoms. The van der Waals surface area contributed by atoms with E-state index in [0.717, 1.165) is 5.56 Å². The van der Waals surface area contributed by atoms with Crippen molar-refractivity contribution in [3.8, 4) is 0 Å². The minimum absolute atomic E-state index is 0.114. The fourth-order valence-electron chi connectivity index (χ4n) is 1.98. The van der Waals surface area contributed by atoms with Crippen LogP contribution in [0.2, 0.25) is 0 Å². The van der Waals surface area contributed by atoms with Gasteiger partial charge in [-0.25, -0.2) is 4.79 Å². The van der Waals surface area contributed by atoms with E-state index in [1.54, 1.807) is 30.3 Å². The van der Waals surface area contributed by atoms with Crippen LogP contribution in [0.3, 0.4) is 0 Å². The molecule has 0 heterocycles. The van der Waals surface area contributed by atoms with E-state index < -0.39 is 17.6 Å². The van der Waals surface area contributed by atoms with Crippen LogP contribution in [0.1, 0.15) is 31.8 Å². The van der Waals surface area contributed by atoms with Gasteiger partial charge >= 0.3 is 5.97 Å². The number of ketones is 1. The molecule has 2 aromatic carbocycles. The number of primary amides is 1. The number of carboxylic acids is 1. The summed E-state index contributed by atoms with van der Waals surface area (Å²) in [5.41, 5.74) is 6.76. The Bertz CT molecular complexity index is 862. The summed E-state index contributed by atoms with van der Waals surface area (Å²) in [5.74, 6) is -2.76. The van der Waals surface area contributed by atoms with Crippen molar-refractivity contribution in [1.82, 2.24) is 0 Å². The van der Waals surface area contributed by atoms with Crippen molar-refractivity contribution in [2.24, 2.45) is 5.73 Å². The normalized spacial score (nSPS) is 11.4. The van der Waals surface area contributed by atoms with E-state index in [9.17, 15) is 19.5 Å². The number of amides is 1. The van der Waals surface area contributed by atoms with E-state index in [2.05, 4.69) is 0 Å². The van der Waals surface area contributed by atoms with Crippen LogP contribution >= 0.6 is 0 Å². The highest BCUT2D eigenvalue weighted by Gasteiger charge is 2.05. The molecule has 0 aliphatic carbocycles. The smallest absolute Gasteiger partial charge is 0.335 e. The van der Waals surface area contributed by atoms with E-state index in [1.807, 2.05) is 0 Å². The zero-order chi connectivity index (χ0) is 18.4. The van der Waals surface area contributed by atoms with Gasteiger partial charge in [0.2, 0.25) is 0 Å². The van der Waals surface area contributed by atoms with Crippen molar-refractivity contribution < 1.29 is 24.6 Å². The number of rotatable bonds is 6. The molecule has 0 aromatic heterocycles. The molecule has 0 saturated heterocycles. The fourth-order valence-corrected chi connectivity index (χ4v) is 1.98. The number of aliphatic hydroxyl groups excluding tert-OH is 1. The number of carbonyl (C=O) groups is 3. The molecular formula is C19H15NO5. The van der Waals surface area contributed by atoms with Crippen molar-refractivity contribution in [1.29, 1.82) is 0 Å². The Balaban J connectivity index is 2.08. The number of aromatic carboxylic acids is 1. The summed E-state index contributed by atoms with van der Waals surface area (Å²) in [7, 11) is 0. The standard InChI is InChI=1S/C19H15NO5/c20-18(23)17(22)11-13-3-1-12(2-4-13)5-10-16(21)14-6-8-15(9-7-14)19(24)25/h1-11,22H,(H2,20,23)(H,24,25). The molecule has 0 aliphatic rings. The maximum Gasteiger partial charge on any atom is 0.335 e. The summed E-state index contributed by atoms with van der Waals surface area (Å²) in [5, 5.41) is 18.1. The lowest BCUT2D eigenvalue weighted by atomic mass is 10.1. The number of carboxylic acid groups (broad SMARTS) is 1. The predicted octanol–water partition coefficient (Wildman–Crippen LogP) is 2.67. The van der Waals surface area contributed by atoms with Crippen molar-refractivity contribution in [3.05, 3.63) is 82.6 Å². The second-order valence-electron chi connectivity index (χ2n) is 5.14. The molecule has 0 unspecified atom stereocenters. The van der Waals surface area contributed by atoms with Gasteiger partial charge in [-0.3, -0.25) is 9.59 Å². The van der Waals surface area contributed by atoms with Gasteiger partial charge in [0.15, 0.2) is 11.5 Å². The van der Waals surface area contributed by atoms with Gasteiger partial charge in [0, 0.05) is 5.56 Å². The molecule has 0 radical (unpaired) electrons. The number of hydrogen-bond acceptors (Lipinski definition) is 4. The van der Waals surface area contributed by atoms with E-state index in [1.165, 1.54) is 36.4 Å². The summed E-state index contributed by atoms with van der Waals surface area (Å²) in [6.45, 7) is 0. The zero-order valence-electron chi connectivity index (χ0n) is 13.0. The first kappa shape index (κ1) is 17.7. The average Bonchev–Trinajstić information content (AvgIpc) is 2.60. The molecule has 4 N–H and O–H groups in total. The van der Waals surface area contributed by atoms with Gasteiger partial charge in [0.25, 0.3) is 5.91 Å². The fraction of sp³-hybridized carbons (Fsp3) is 0. The molecule has 2 rings (SSSR count). The summed E-state index contributed by atoms with van der Waals surface area (Å²) < 4.78 is 0. The predicted molar refractivity (Wildman–Crippen MR) is 93.0 cm³/mol. The zero-order valence-corrected chi connectivity index (χ0v) is 13.0. The quantitative estimate of drug-likeness (QED) is 0.425. The number of hydrogen-bond donors (Lipinski definition) is 3. The van der Waals surface area contributed by atoms with Crippen LogP contribution in [0.25, 0.3) is 12.2 Å². The molecule has 1 amide bonds. The van der Waals surface area contributed by atoms with Crippen LogP contribution in [0.4, 0.5) is 0 Å².